The minimum absolute atomic E-state index is 0. The maximum absolute atomic E-state index is 12.4. The molecule has 1 aliphatic carbocycles. The highest BCUT2D eigenvalue weighted by molar-refractivity contribution is 5.86. The smallest absolute Gasteiger partial charge is 0.242 e. The van der Waals surface area contributed by atoms with Gasteiger partial charge >= 0.3 is 0 Å². The number of pyridine rings is 1. The number of carbonyl (C=O) groups is 1. The normalized spacial score (nSPS) is 17.1. The summed E-state index contributed by atoms with van der Waals surface area (Å²) in [5.41, 5.74) is 6.65. The van der Waals surface area contributed by atoms with Gasteiger partial charge in [-0.05, 0) is 25.0 Å². The second-order valence-corrected chi connectivity index (χ2v) is 5.51. The molecule has 0 unspecified atom stereocenters. The Balaban J connectivity index is 0.00000200. The van der Waals surface area contributed by atoms with Crippen LogP contribution in [0, 0.1) is 0 Å². The molecule has 5 heteroatoms. The van der Waals surface area contributed by atoms with Crippen molar-refractivity contribution in [1.29, 1.82) is 0 Å². The SMILES string of the molecule is CN(CCc1ccccn1)C(=O)C1(N)CCCCC1.Cl. The van der Waals surface area contributed by atoms with Crippen LogP contribution in [0.25, 0.3) is 0 Å². The van der Waals surface area contributed by atoms with Gasteiger partial charge in [-0.15, -0.1) is 12.4 Å². The van der Waals surface area contributed by atoms with Gasteiger partial charge in [-0.3, -0.25) is 9.78 Å². The van der Waals surface area contributed by atoms with Gasteiger partial charge in [-0.2, -0.15) is 0 Å². The van der Waals surface area contributed by atoms with Crippen molar-refractivity contribution in [2.24, 2.45) is 5.73 Å². The van der Waals surface area contributed by atoms with Crippen LogP contribution in [0.5, 0.6) is 0 Å². The first-order valence-corrected chi connectivity index (χ1v) is 7.06. The van der Waals surface area contributed by atoms with Gasteiger partial charge in [-0.1, -0.05) is 25.3 Å². The van der Waals surface area contributed by atoms with E-state index in [4.69, 9.17) is 5.73 Å². The number of hydrogen-bond donors (Lipinski definition) is 1. The summed E-state index contributed by atoms with van der Waals surface area (Å²) in [6.07, 6.45) is 7.53. The zero-order valence-electron chi connectivity index (χ0n) is 12.0. The van der Waals surface area contributed by atoms with Crippen LogP contribution in [0.2, 0.25) is 0 Å². The van der Waals surface area contributed by atoms with Crippen molar-refractivity contribution in [3.8, 4) is 0 Å². The standard InChI is InChI=1S/C15H23N3O.ClH/c1-18(12-8-13-7-3-6-11-17-13)14(19)15(16)9-4-2-5-10-15;/h3,6-7,11H,2,4-5,8-10,12,16H2,1H3;1H. The first-order chi connectivity index (χ1) is 9.12. The van der Waals surface area contributed by atoms with Crippen LogP contribution >= 0.6 is 12.4 Å². The average Bonchev–Trinajstić information content (AvgIpc) is 2.46. The molecule has 1 amide bonds. The van der Waals surface area contributed by atoms with E-state index in [1.165, 1.54) is 6.42 Å². The lowest BCUT2D eigenvalue weighted by Crippen LogP contribution is -2.55. The lowest BCUT2D eigenvalue weighted by atomic mass is 9.81. The zero-order chi connectivity index (χ0) is 13.7. The van der Waals surface area contributed by atoms with E-state index in [9.17, 15) is 4.79 Å². The summed E-state index contributed by atoms with van der Waals surface area (Å²) in [7, 11) is 1.84. The molecule has 1 aromatic rings. The maximum Gasteiger partial charge on any atom is 0.242 e. The minimum Gasteiger partial charge on any atom is -0.344 e. The number of likely N-dealkylation sites (N-methyl/N-ethyl adjacent to an activating group) is 1. The number of hydrogen-bond acceptors (Lipinski definition) is 3. The van der Waals surface area contributed by atoms with E-state index in [0.717, 1.165) is 37.8 Å². The Morgan fingerprint density at radius 2 is 2.05 bits per heavy atom. The van der Waals surface area contributed by atoms with E-state index in [1.807, 2.05) is 25.2 Å². The average molecular weight is 298 g/mol. The fraction of sp³-hybridized carbons (Fsp3) is 0.600. The van der Waals surface area contributed by atoms with Gasteiger partial charge in [0.2, 0.25) is 5.91 Å². The zero-order valence-corrected chi connectivity index (χ0v) is 12.9. The number of rotatable bonds is 4. The molecule has 0 aromatic carbocycles. The molecule has 1 fully saturated rings. The molecule has 1 aromatic heterocycles. The summed E-state index contributed by atoms with van der Waals surface area (Å²) in [4.78, 5) is 18.5. The Morgan fingerprint density at radius 1 is 1.35 bits per heavy atom. The Labute approximate surface area is 127 Å². The van der Waals surface area contributed by atoms with E-state index < -0.39 is 5.54 Å². The quantitative estimate of drug-likeness (QED) is 0.926. The van der Waals surface area contributed by atoms with Gasteiger partial charge in [-0.25, -0.2) is 0 Å². The van der Waals surface area contributed by atoms with Crippen molar-refractivity contribution in [3.63, 3.8) is 0 Å². The summed E-state index contributed by atoms with van der Waals surface area (Å²) in [6.45, 7) is 0.675. The van der Waals surface area contributed by atoms with E-state index in [-0.39, 0.29) is 18.3 Å². The van der Waals surface area contributed by atoms with Crippen molar-refractivity contribution in [1.82, 2.24) is 9.88 Å². The van der Waals surface area contributed by atoms with Crippen LogP contribution in [0.1, 0.15) is 37.8 Å². The minimum atomic E-state index is -0.628. The largest absolute Gasteiger partial charge is 0.344 e. The predicted molar refractivity (Wildman–Crippen MR) is 82.8 cm³/mol. The van der Waals surface area contributed by atoms with Gasteiger partial charge in [0.1, 0.15) is 0 Å². The molecule has 0 radical (unpaired) electrons. The highest BCUT2D eigenvalue weighted by atomic mass is 35.5. The van der Waals surface area contributed by atoms with Crippen molar-refractivity contribution in [2.75, 3.05) is 13.6 Å². The first kappa shape index (κ1) is 16.9. The molecule has 1 saturated carbocycles. The molecule has 2 N–H and O–H groups in total. The third-order valence-electron chi connectivity index (χ3n) is 3.95. The summed E-state index contributed by atoms with van der Waals surface area (Å²) in [5, 5.41) is 0. The fourth-order valence-electron chi connectivity index (χ4n) is 2.71. The Bertz CT molecular complexity index is 418. The summed E-state index contributed by atoms with van der Waals surface area (Å²) < 4.78 is 0. The monoisotopic (exact) mass is 297 g/mol. The van der Waals surface area contributed by atoms with Crippen molar-refractivity contribution < 1.29 is 4.79 Å². The van der Waals surface area contributed by atoms with Crippen LogP contribution in [-0.4, -0.2) is 34.9 Å². The van der Waals surface area contributed by atoms with Crippen molar-refractivity contribution in [2.45, 2.75) is 44.1 Å². The number of amides is 1. The Kier molecular flexibility index (Phi) is 6.43. The molecule has 2 rings (SSSR count). The van der Waals surface area contributed by atoms with Crippen LogP contribution in [0.3, 0.4) is 0 Å². The van der Waals surface area contributed by atoms with Crippen LogP contribution in [0.4, 0.5) is 0 Å². The molecule has 0 aliphatic heterocycles. The Morgan fingerprint density at radius 3 is 2.65 bits per heavy atom. The predicted octanol–water partition coefficient (Wildman–Crippen LogP) is 2.17. The first-order valence-electron chi connectivity index (χ1n) is 7.06. The second-order valence-electron chi connectivity index (χ2n) is 5.51. The molecule has 0 bridgehead atoms. The number of nitrogens with zero attached hydrogens (tertiary/aromatic N) is 2. The molecule has 112 valence electrons. The number of aromatic nitrogens is 1. The van der Waals surface area contributed by atoms with Gasteiger partial charge in [0.05, 0.1) is 5.54 Å². The molecular weight excluding hydrogens is 274 g/mol. The van der Waals surface area contributed by atoms with E-state index in [0.29, 0.717) is 6.54 Å². The highest BCUT2D eigenvalue weighted by Gasteiger charge is 2.37. The molecule has 20 heavy (non-hydrogen) atoms. The number of nitrogens with two attached hydrogens (primary N) is 1. The Hall–Kier alpha value is -1.13. The molecule has 4 nitrogen and oxygen atoms in total. The molecule has 1 heterocycles. The maximum atomic E-state index is 12.4. The molecule has 1 aliphatic rings. The molecule has 0 saturated heterocycles. The fourth-order valence-corrected chi connectivity index (χ4v) is 2.71. The lowest BCUT2D eigenvalue weighted by Gasteiger charge is -2.35. The van der Waals surface area contributed by atoms with Crippen molar-refractivity contribution >= 4 is 18.3 Å². The third kappa shape index (κ3) is 4.18. The summed E-state index contributed by atoms with van der Waals surface area (Å²) >= 11 is 0. The van der Waals surface area contributed by atoms with Gasteiger partial charge in [0.15, 0.2) is 0 Å². The molecule has 0 spiro atoms. The van der Waals surface area contributed by atoms with Crippen LogP contribution in [0.15, 0.2) is 24.4 Å². The van der Waals surface area contributed by atoms with Crippen molar-refractivity contribution in [3.05, 3.63) is 30.1 Å². The second kappa shape index (κ2) is 7.60. The number of halogens is 1. The van der Waals surface area contributed by atoms with E-state index in [2.05, 4.69) is 4.98 Å². The highest BCUT2D eigenvalue weighted by Crippen LogP contribution is 2.27. The molecule has 0 atom stereocenters. The summed E-state index contributed by atoms with van der Waals surface area (Å²) in [5.74, 6) is 0.0862. The van der Waals surface area contributed by atoms with Crippen LogP contribution in [-0.2, 0) is 11.2 Å². The van der Waals surface area contributed by atoms with E-state index in [1.54, 1.807) is 11.1 Å². The van der Waals surface area contributed by atoms with Gasteiger partial charge in [0, 0.05) is 31.9 Å². The molecular formula is C15H24ClN3O. The number of carbonyl (C=O) groups excluding carboxylic acids is 1. The summed E-state index contributed by atoms with van der Waals surface area (Å²) in [6, 6.07) is 5.85. The topological polar surface area (TPSA) is 59.2 Å². The van der Waals surface area contributed by atoms with Gasteiger partial charge < -0.3 is 10.6 Å². The van der Waals surface area contributed by atoms with Crippen LogP contribution < -0.4 is 5.73 Å². The van der Waals surface area contributed by atoms with E-state index >= 15 is 0 Å². The third-order valence-corrected chi connectivity index (χ3v) is 3.95. The lowest BCUT2D eigenvalue weighted by molar-refractivity contribution is -0.136. The van der Waals surface area contributed by atoms with Gasteiger partial charge in [0.25, 0.3) is 0 Å².